The first-order valence-corrected chi connectivity index (χ1v) is 2.86. The summed E-state index contributed by atoms with van der Waals surface area (Å²) in [6.07, 6.45) is 0.825. The summed E-state index contributed by atoms with van der Waals surface area (Å²) in [4.78, 5) is 28.8. The van der Waals surface area contributed by atoms with Crippen molar-refractivity contribution in [1.29, 1.82) is 0 Å². The quantitative estimate of drug-likeness (QED) is 0.456. The molecule has 0 amide bonds. The van der Waals surface area contributed by atoms with E-state index in [9.17, 15) is 9.59 Å². The highest BCUT2D eigenvalue weighted by Gasteiger charge is 2.13. The second-order valence-corrected chi connectivity index (χ2v) is 1.83. The zero-order valence-electron chi connectivity index (χ0n) is 5.16. The first-order valence-electron chi connectivity index (χ1n) is 2.86. The van der Waals surface area contributed by atoms with Gasteiger partial charge in [0.1, 0.15) is 0 Å². The first-order chi connectivity index (χ1) is 4.79. The molecule has 0 aromatic rings. The van der Waals surface area contributed by atoms with Crippen LogP contribution in [-0.4, -0.2) is 11.9 Å². The molecule has 56 valence electrons. The number of hydrogen-bond donors (Lipinski definition) is 0. The van der Waals surface area contributed by atoms with E-state index in [0.717, 1.165) is 0 Å². The summed E-state index contributed by atoms with van der Waals surface area (Å²) in [7, 11) is 0. The topological polar surface area (TPSA) is 61.8 Å². The summed E-state index contributed by atoms with van der Waals surface area (Å²) in [5.41, 5.74) is 0. The van der Waals surface area contributed by atoms with Gasteiger partial charge in [0.2, 0.25) is 0 Å². The Kier molecular flexibility index (Phi) is 2.22. The van der Waals surface area contributed by atoms with Crippen molar-refractivity contribution < 1.29 is 24.4 Å². The van der Waals surface area contributed by atoms with Gasteiger partial charge in [-0.15, -0.1) is 0 Å². The highest BCUT2D eigenvalue weighted by Crippen LogP contribution is 2.04. The summed E-state index contributed by atoms with van der Waals surface area (Å²) in [5.74, 6) is -1.04. The first kappa shape index (κ1) is 7.01. The molecule has 0 N–H and O–H groups in total. The molecule has 0 aromatic carbocycles. The smallest absolute Gasteiger partial charge is 0.260 e. The van der Waals surface area contributed by atoms with Crippen molar-refractivity contribution in [2.75, 3.05) is 0 Å². The average Bonchev–Trinajstić information content (AvgIpc) is 1.84. The fourth-order valence-electron chi connectivity index (χ4n) is 0.553. The molecule has 0 unspecified atom stereocenters. The summed E-state index contributed by atoms with van der Waals surface area (Å²) in [6.45, 7) is 0. The Balaban J connectivity index is 2.34. The van der Waals surface area contributed by atoms with Gasteiger partial charge in [0.15, 0.2) is 0 Å². The van der Waals surface area contributed by atoms with E-state index in [-0.39, 0.29) is 12.8 Å². The van der Waals surface area contributed by atoms with E-state index in [2.05, 4.69) is 14.8 Å². The molecule has 0 bridgehead atoms. The van der Waals surface area contributed by atoms with Gasteiger partial charge in [-0.2, -0.15) is 0 Å². The van der Waals surface area contributed by atoms with Crippen molar-refractivity contribution in [3.05, 3.63) is 0 Å². The third-order valence-electron chi connectivity index (χ3n) is 1.02. The molecule has 0 aliphatic carbocycles. The Hall–Kier alpha value is -1.10. The van der Waals surface area contributed by atoms with Gasteiger partial charge in [0.25, 0.3) is 0 Å². The molecule has 0 radical (unpaired) electrons. The van der Waals surface area contributed by atoms with Gasteiger partial charge in [-0.25, -0.2) is 9.59 Å². The monoisotopic (exact) mass is 148 g/mol. The van der Waals surface area contributed by atoms with Gasteiger partial charge >= 0.3 is 11.9 Å². The van der Waals surface area contributed by atoms with Gasteiger partial charge in [-0.05, 0) is 6.42 Å². The molecule has 5 nitrogen and oxygen atoms in total. The van der Waals surface area contributed by atoms with Crippen LogP contribution in [0.2, 0.25) is 0 Å². The summed E-state index contributed by atoms with van der Waals surface area (Å²) in [6, 6.07) is 0. The molecule has 0 spiro atoms. The number of rotatable bonds is 0. The molecule has 1 aliphatic heterocycles. The normalized spacial score (nSPS) is 20.4. The largest absolute Gasteiger partial charge is 0.346 e. The Bertz CT molecular complexity index is 122. The molecule has 0 aromatic heterocycles. The van der Waals surface area contributed by atoms with Crippen molar-refractivity contribution in [3.8, 4) is 0 Å². The number of carbonyl (C=O) groups is 2. The molecule has 0 saturated carbocycles. The van der Waals surface area contributed by atoms with Crippen molar-refractivity contribution in [2.45, 2.75) is 19.3 Å². The molecule has 5 heteroatoms. The minimum Gasteiger partial charge on any atom is -0.260 e. The maximum absolute atomic E-state index is 10.4. The van der Waals surface area contributed by atoms with Crippen LogP contribution < -0.4 is 0 Å². The van der Waals surface area contributed by atoms with Crippen molar-refractivity contribution in [2.24, 2.45) is 0 Å². The lowest BCUT2D eigenvalue weighted by Crippen LogP contribution is -2.14. The van der Waals surface area contributed by atoms with E-state index < -0.39 is 11.9 Å². The maximum atomic E-state index is 10.4. The molecule has 1 aliphatic rings. The summed E-state index contributed by atoms with van der Waals surface area (Å²) in [5, 5.41) is 3.80. The maximum Gasteiger partial charge on any atom is 0.346 e. The molecule has 0 atom stereocenters. The van der Waals surface area contributed by atoms with Gasteiger partial charge in [0, 0.05) is 17.9 Å². The van der Waals surface area contributed by atoms with Crippen LogP contribution in [0.5, 0.6) is 0 Å². The fraction of sp³-hybridized carbons (Fsp3) is 0.600. The predicted octanol–water partition coefficient (Wildman–Crippen LogP) is 0.103. The Morgan fingerprint density at radius 3 is 3.10 bits per heavy atom. The second-order valence-electron chi connectivity index (χ2n) is 1.83. The highest BCUT2D eigenvalue weighted by atomic mass is 17.6. The Labute approximate surface area is 56.7 Å². The van der Waals surface area contributed by atoms with E-state index >= 15 is 0 Å². The highest BCUT2D eigenvalue weighted by molar-refractivity contribution is 5.72. The van der Waals surface area contributed by atoms with Crippen molar-refractivity contribution >= 4 is 11.9 Å². The van der Waals surface area contributed by atoms with Crippen LogP contribution in [0.15, 0.2) is 0 Å². The number of hydrogen-bond acceptors (Lipinski definition) is 5. The Morgan fingerprint density at radius 1 is 1.50 bits per heavy atom. The minimum atomic E-state index is -0.521. The molecular weight excluding hydrogens is 142 g/mol. The molecule has 1 saturated heterocycles. The number of carbonyl (C=O) groups excluding carboxylic acids is 2. The lowest BCUT2D eigenvalue weighted by molar-refractivity contribution is -0.461. The van der Waals surface area contributed by atoms with Gasteiger partial charge in [-0.3, -0.25) is 9.78 Å². The van der Waals surface area contributed by atoms with Gasteiger partial charge < -0.3 is 0 Å². The van der Waals surface area contributed by atoms with Crippen molar-refractivity contribution in [3.63, 3.8) is 0 Å². The standard InChI is InChI=1S/C5H6O5/c6-4-2-1-3-5(7)9-10-8-4/h1-3H2/i4+2. The molecule has 1 fully saturated rings. The lowest BCUT2D eigenvalue weighted by atomic mass is 10.3. The van der Waals surface area contributed by atoms with Gasteiger partial charge in [0.05, 0.1) is 0 Å². The van der Waals surface area contributed by atoms with Crippen molar-refractivity contribution in [1.82, 2.24) is 0 Å². The minimum absolute atomic E-state index is 0.190. The zero-order chi connectivity index (χ0) is 7.40. The van der Waals surface area contributed by atoms with Crippen LogP contribution in [0.4, 0.5) is 0 Å². The van der Waals surface area contributed by atoms with Crippen LogP contribution in [-0.2, 0) is 24.4 Å². The zero-order valence-corrected chi connectivity index (χ0v) is 5.16. The van der Waals surface area contributed by atoms with E-state index in [4.69, 9.17) is 0 Å². The van der Waals surface area contributed by atoms with E-state index in [1.807, 2.05) is 0 Å². The van der Waals surface area contributed by atoms with Crippen LogP contribution in [0.3, 0.4) is 0 Å². The van der Waals surface area contributed by atoms with Crippen LogP contribution in [0.25, 0.3) is 0 Å². The van der Waals surface area contributed by atoms with Crippen LogP contribution >= 0.6 is 0 Å². The van der Waals surface area contributed by atoms with Gasteiger partial charge in [-0.1, -0.05) is 0 Å². The van der Waals surface area contributed by atoms with Crippen LogP contribution in [0, 0.1) is 0 Å². The molecule has 1 rings (SSSR count). The second kappa shape index (κ2) is 3.17. The molecular formula is C5H6O5. The third-order valence-corrected chi connectivity index (χ3v) is 1.02. The lowest BCUT2D eigenvalue weighted by Gasteiger charge is -2.04. The summed E-state index contributed by atoms with van der Waals surface area (Å²) >= 11 is 0. The molecule has 1 heterocycles. The fourth-order valence-corrected chi connectivity index (χ4v) is 0.553. The predicted molar refractivity (Wildman–Crippen MR) is 27.1 cm³/mol. The van der Waals surface area contributed by atoms with E-state index in [1.54, 1.807) is 0 Å². The Morgan fingerprint density at radius 2 is 2.30 bits per heavy atom. The summed E-state index contributed by atoms with van der Waals surface area (Å²) < 4.78 is 0. The van der Waals surface area contributed by atoms with Crippen LogP contribution in [0.1, 0.15) is 19.3 Å². The SMILES string of the molecule is O=C1CCC[14C](=O)OOO1. The molecule has 10 heavy (non-hydrogen) atoms. The average molecular weight is 148 g/mol. The van der Waals surface area contributed by atoms with E-state index in [1.165, 1.54) is 0 Å². The van der Waals surface area contributed by atoms with E-state index in [0.29, 0.717) is 6.42 Å². The third kappa shape index (κ3) is 2.02.